The molecule has 2 rings (SSSR count). The highest BCUT2D eigenvalue weighted by Crippen LogP contribution is 2.52. The first kappa shape index (κ1) is 13.0. The molecule has 0 fully saturated rings. The summed E-state index contributed by atoms with van der Waals surface area (Å²) < 4.78 is 27.3. The highest BCUT2D eigenvalue weighted by Gasteiger charge is 2.34. The van der Waals surface area contributed by atoms with Crippen LogP contribution in [0.15, 0.2) is 35.1 Å². The fraction of sp³-hybridized carbons (Fsp3) is 0.417. The van der Waals surface area contributed by atoms with Crippen LogP contribution in [0.4, 0.5) is 0 Å². The molecule has 0 spiro atoms. The van der Waals surface area contributed by atoms with Crippen molar-refractivity contribution >= 4 is 13.5 Å². The molecule has 0 saturated carbocycles. The Bertz CT molecular complexity index is 471. The molecule has 1 aromatic carbocycles. The third-order valence-corrected chi connectivity index (χ3v) is 4.05. The van der Waals surface area contributed by atoms with E-state index in [0.29, 0.717) is 11.8 Å². The van der Waals surface area contributed by atoms with Gasteiger partial charge in [0.05, 0.1) is 0 Å². The maximum Gasteiger partial charge on any atom is 0.403 e. The number of hydrogen-bond acceptors (Lipinski definition) is 4. The molecular weight excluding hydrogens is 251 g/mol. The summed E-state index contributed by atoms with van der Waals surface area (Å²) in [4.78, 5) is 1.91. The Balaban J connectivity index is 2.12. The van der Waals surface area contributed by atoms with Crippen LogP contribution in [-0.4, -0.2) is 30.4 Å². The minimum Gasteiger partial charge on any atom is -0.451 e. The molecule has 1 aromatic rings. The van der Waals surface area contributed by atoms with Gasteiger partial charge in [0.15, 0.2) is 6.35 Å². The van der Waals surface area contributed by atoms with Gasteiger partial charge >= 0.3 is 7.52 Å². The summed E-state index contributed by atoms with van der Waals surface area (Å²) >= 11 is 0. The molecule has 5 nitrogen and oxygen atoms in total. The van der Waals surface area contributed by atoms with Crippen molar-refractivity contribution in [2.75, 3.05) is 19.4 Å². The maximum absolute atomic E-state index is 12.4. The van der Waals surface area contributed by atoms with Crippen molar-refractivity contribution in [3.63, 3.8) is 0 Å². The van der Waals surface area contributed by atoms with Crippen molar-refractivity contribution in [3.05, 3.63) is 30.3 Å². The molecule has 0 bridgehead atoms. The summed E-state index contributed by atoms with van der Waals surface area (Å²) in [6, 6.07) is 9.45. The average molecular weight is 268 g/mol. The molecule has 1 aliphatic rings. The molecule has 1 heterocycles. The van der Waals surface area contributed by atoms with E-state index in [1.807, 2.05) is 36.9 Å². The van der Waals surface area contributed by atoms with E-state index >= 15 is 0 Å². The summed E-state index contributed by atoms with van der Waals surface area (Å²) in [5, 5.41) is 0. The topological polar surface area (TPSA) is 51.1 Å². The van der Waals surface area contributed by atoms with Crippen molar-refractivity contribution in [2.24, 2.45) is 4.76 Å². The van der Waals surface area contributed by atoms with Gasteiger partial charge in [0, 0.05) is 13.1 Å². The number of rotatable bonds is 4. The van der Waals surface area contributed by atoms with E-state index in [1.54, 1.807) is 12.1 Å². The summed E-state index contributed by atoms with van der Waals surface area (Å²) in [5.41, 5.74) is 0. The smallest absolute Gasteiger partial charge is 0.403 e. The fourth-order valence-electron chi connectivity index (χ4n) is 1.67. The van der Waals surface area contributed by atoms with Gasteiger partial charge in [-0.05, 0) is 26.0 Å². The van der Waals surface area contributed by atoms with Crippen LogP contribution in [0.3, 0.4) is 0 Å². The lowest BCUT2D eigenvalue weighted by Gasteiger charge is -2.17. The number of benzene rings is 1. The second-order valence-electron chi connectivity index (χ2n) is 3.87. The first-order chi connectivity index (χ1) is 8.67. The monoisotopic (exact) mass is 268 g/mol. The number of para-hydroxylation sites is 1. The van der Waals surface area contributed by atoms with Crippen LogP contribution in [-0.2, 0) is 9.30 Å². The van der Waals surface area contributed by atoms with E-state index < -0.39 is 7.52 Å². The Morgan fingerprint density at radius 2 is 2.00 bits per heavy atom. The third-order valence-electron chi connectivity index (χ3n) is 2.62. The van der Waals surface area contributed by atoms with Crippen LogP contribution in [0.2, 0.25) is 0 Å². The molecule has 0 radical (unpaired) electrons. The molecule has 0 aromatic heterocycles. The van der Waals surface area contributed by atoms with Crippen LogP contribution < -0.4 is 4.52 Å². The summed E-state index contributed by atoms with van der Waals surface area (Å²) in [6.07, 6.45) is 0.00767. The molecule has 1 atom stereocenters. The zero-order chi connectivity index (χ0) is 13.0. The summed E-state index contributed by atoms with van der Waals surface area (Å²) in [5.74, 6) is 0.550. The normalized spacial score (nSPS) is 22.2. The highest BCUT2D eigenvalue weighted by atomic mass is 31.2. The molecule has 1 unspecified atom stereocenters. The number of nitrogens with zero attached hydrogens (tertiary/aromatic N) is 2. The van der Waals surface area contributed by atoms with Crippen molar-refractivity contribution < 1.29 is 13.8 Å². The van der Waals surface area contributed by atoms with Gasteiger partial charge in [-0.15, -0.1) is 4.76 Å². The Kier molecular flexibility index (Phi) is 3.92. The lowest BCUT2D eigenvalue weighted by molar-refractivity contribution is 0.284. The molecule has 0 saturated heterocycles. The van der Waals surface area contributed by atoms with Gasteiger partial charge in [0.1, 0.15) is 5.75 Å². The summed E-state index contributed by atoms with van der Waals surface area (Å²) in [7, 11) is -3.10. The maximum atomic E-state index is 12.4. The predicted molar refractivity (Wildman–Crippen MR) is 71.0 cm³/mol. The SMILES string of the molecule is CCN(CC)C1=NP(=O)(Oc2ccccc2)CO1. The quantitative estimate of drug-likeness (QED) is 0.788. The van der Waals surface area contributed by atoms with Crippen molar-refractivity contribution in [2.45, 2.75) is 13.8 Å². The van der Waals surface area contributed by atoms with E-state index in [4.69, 9.17) is 9.26 Å². The number of hydrogen-bond donors (Lipinski definition) is 0. The van der Waals surface area contributed by atoms with E-state index in [2.05, 4.69) is 4.76 Å². The van der Waals surface area contributed by atoms with E-state index in [9.17, 15) is 4.57 Å². The van der Waals surface area contributed by atoms with Crippen molar-refractivity contribution in [3.8, 4) is 5.75 Å². The molecular formula is C12H17N2O3P. The van der Waals surface area contributed by atoms with E-state index in [-0.39, 0.29) is 6.35 Å². The fourth-order valence-corrected chi connectivity index (χ4v) is 2.99. The molecule has 0 amide bonds. The van der Waals surface area contributed by atoms with Gasteiger partial charge in [-0.3, -0.25) is 0 Å². The Labute approximate surface area is 107 Å². The molecule has 0 N–H and O–H groups in total. The molecule has 18 heavy (non-hydrogen) atoms. The van der Waals surface area contributed by atoms with Crippen LogP contribution in [0, 0.1) is 0 Å². The second kappa shape index (κ2) is 5.44. The van der Waals surface area contributed by atoms with Crippen molar-refractivity contribution in [1.82, 2.24) is 4.90 Å². The first-order valence-corrected chi connectivity index (χ1v) is 7.75. The highest BCUT2D eigenvalue weighted by molar-refractivity contribution is 7.58. The van der Waals surface area contributed by atoms with Crippen LogP contribution in [0.5, 0.6) is 5.75 Å². The number of ether oxygens (including phenoxy) is 1. The molecule has 98 valence electrons. The standard InChI is InChI=1S/C12H17N2O3P/c1-3-14(4-2)12-13-18(15,10-16-12)17-11-8-6-5-7-9-11/h5-9H,3-4,10H2,1-2H3. The zero-order valence-corrected chi connectivity index (χ0v) is 11.5. The van der Waals surface area contributed by atoms with E-state index in [1.165, 1.54) is 0 Å². The van der Waals surface area contributed by atoms with Crippen molar-refractivity contribution in [1.29, 1.82) is 0 Å². The molecule has 1 aliphatic heterocycles. The minimum absolute atomic E-state index is 0.00767. The second-order valence-corrected chi connectivity index (χ2v) is 5.79. The Morgan fingerprint density at radius 1 is 1.33 bits per heavy atom. The predicted octanol–water partition coefficient (Wildman–Crippen LogP) is 2.94. The minimum atomic E-state index is -3.10. The van der Waals surface area contributed by atoms with Gasteiger partial charge < -0.3 is 14.2 Å². The van der Waals surface area contributed by atoms with Gasteiger partial charge in [-0.2, -0.15) is 0 Å². The number of amidine groups is 1. The third kappa shape index (κ3) is 2.85. The first-order valence-electron chi connectivity index (χ1n) is 5.98. The van der Waals surface area contributed by atoms with Gasteiger partial charge in [-0.1, -0.05) is 18.2 Å². The lowest BCUT2D eigenvalue weighted by atomic mass is 10.3. The largest absolute Gasteiger partial charge is 0.451 e. The van der Waals surface area contributed by atoms with Crippen LogP contribution in [0.25, 0.3) is 0 Å². The average Bonchev–Trinajstić information content (AvgIpc) is 2.74. The van der Waals surface area contributed by atoms with Gasteiger partial charge in [0.2, 0.25) is 0 Å². The van der Waals surface area contributed by atoms with Crippen LogP contribution >= 0.6 is 7.52 Å². The Morgan fingerprint density at radius 3 is 2.61 bits per heavy atom. The summed E-state index contributed by atoms with van der Waals surface area (Å²) in [6.45, 7) is 5.52. The van der Waals surface area contributed by atoms with Gasteiger partial charge in [-0.25, -0.2) is 4.57 Å². The lowest BCUT2D eigenvalue weighted by Crippen LogP contribution is -2.30. The zero-order valence-electron chi connectivity index (χ0n) is 10.6. The molecule has 6 heteroatoms. The van der Waals surface area contributed by atoms with E-state index in [0.717, 1.165) is 13.1 Å². The van der Waals surface area contributed by atoms with Crippen LogP contribution in [0.1, 0.15) is 13.8 Å². The molecule has 0 aliphatic carbocycles. The van der Waals surface area contributed by atoms with Gasteiger partial charge in [0.25, 0.3) is 6.02 Å². The Hall–Kier alpha value is -1.48.